The second kappa shape index (κ2) is 7.58. The molecule has 0 aliphatic rings. The molecule has 4 nitrogen and oxygen atoms in total. The van der Waals surface area contributed by atoms with Crippen LogP contribution in [0.1, 0.15) is 18.5 Å². The van der Waals surface area contributed by atoms with Crippen molar-refractivity contribution in [3.05, 3.63) is 58.3 Å². The van der Waals surface area contributed by atoms with Gasteiger partial charge in [-0.2, -0.15) is 0 Å². The maximum Gasteiger partial charge on any atom is 0.238 e. The molecule has 6 heteroatoms. The number of aromatic nitrogens is 1. The number of anilines is 1. The van der Waals surface area contributed by atoms with Gasteiger partial charge in [0.2, 0.25) is 5.91 Å². The van der Waals surface area contributed by atoms with Crippen LogP contribution in [0.5, 0.6) is 0 Å². The van der Waals surface area contributed by atoms with Crippen LogP contribution < -0.4 is 5.32 Å². The van der Waals surface area contributed by atoms with Crippen molar-refractivity contribution < 1.29 is 4.79 Å². The molecule has 116 valence electrons. The first-order chi connectivity index (χ1) is 10.5. The second-order valence-electron chi connectivity index (χ2n) is 5.02. The zero-order valence-corrected chi connectivity index (χ0v) is 13.9. The minimum atomic E-state index is -0.146. The average Bonchev–Trinajstić information content (AvgIpc) is 2.52. The number of carbonyl (C=O) groups is 1. The minimum Gasteiger partial charge on any atom is -0.324 e. The molecule has 0 saturated carbocycles. The standard InChI is InChI=1S/C16H17Cl2N3O/c1-11(12-6-8-19-9-7-12)21(2)10-15(22)20-14-5-3-4-13(17)16(14)18/h3-9,11H,10H2,1-2H3,(H,20,22). The van der Waals surface area contributed by atoms with Gasteiger partial charge in [0.25, 0.3) is 0 Å². The van der Waals surface area contributed by atoms with Crippen molar-refractivity contribution in [3.63, 3.8) is 0 Å². The summed E-state index contributed by atoms with van der Waals surface area (Å²) in [5.41, 5.74) is 1.62. The Hall–Kier alpha value is -1.62. The number of nitrogens with zero attached hydrogens (tertiary/aromatic N) is 2. The fraction of sp³-hybridized carbons (Fsp3) is 0.250. The smallest absolute Gasteiger partial charge is 0.238 e. The molecule has 0 bridgehead atoms. The topological polar surface area (TPSA) is 45.2 Å². The Morgan fingerprint density at radius 3 is 2.64 bits per heavy atom. The van der Waals surface area contributed by atoms with Gasteiger partial charge in [-0.1, -0.05) is 29.3 Å². The van der Waals surface area contributed by atoms with Gasteiger partial charge in [0.1, 0.15) is 0 Å². The highest BCUT2D eigenvalue weighted by atomic mass is 35.5. The van der Waals surface area contributed by atoms with Crippen LogP contribution in [0, 0.1) is 0 Å². The lowest BCUT2D eigenvalue weighted by molar-refractivity contribution is -0.117. The fourth-order valence-corrected chi connectivity index (χ4v) is 2.40. The number of benzene rings is 1. The summed E-state index contributed by atoms with van der Waals surface area (Å²) in [7, 11) is 1.89. The van der Waals surface area contributed by atoms with Crippen LogP contribution in [0.2, 0.25) is 10.0 Å². The lowest BCUT2D eigenvalue weighted by Crippen LogP contribution is -2.32. The molecule has 1 aromatic heterocycles. The van der Waals surface area contributed by atoms with E-state index < -0.39 is 0 Å². The van der Waals surface area contributed by atoms with Crippen molar-refractivity contribution in [2.75, 3.05) is 18.9 Å². The third kappa shape index (κ3) is 4.19. The first-order valence-corrected chi connectivity index (χ1v) is 7.58. The van der Waals surface area contributed by atoms with E-state index in [1.54, 1.807) is 30.6 Å². The SMILES string of the molecule is CC(c1ccncc1)N(C)CC(=O)Nc1cccc(Cl)c1Cl. The number of likely N-dealkylation sites (N-methyl/N-ethyl adjacent to an activating group) is 1. The van der Waals surface area contributed by atoms with Crippen LogP contribution in [-0.2, 0) is 4.79 Å². The van der Waals surface area contributed by atoms with Gasteiger partial charge in [-0.15, -0.1) is 0 Å². The molecule has 0 radical (unpaired) electrons. The number of amides is 1. The number of hydrogen-bond acceptors (Lipinski definition) is 3. The molecular formula is C16H17Cl2N3O. The van der Waals surface area contributed by atoms with Gasteiger partial charge in [0, 0.05) is 18.4 Å². The van der Waals surface area contributed by atoms with E-state index in [0.717, 1.165) is 5.56 Å². The first-order valence-electron chi connectivity index (χ1n) is 6.83. The monoisotopic (exact) mass is 337 g/mol. The van der Waals surface area contributed by atoms with E-state index in [0.29, 0.717) is 15.7 Å². The fourth-order valence-electron chi connectivity index (χ4n) is 2.05. The van der Waals surface area contributed by atoms with Gasteiger partial charge < -0.3 is 5.32 Å². The lowest BCUT2D eigenvalue weighted by atomic mass is 10.1. The van der Waals surface area contributed by atoms with Crippen molar-refractivity contribution >= 4 is 34.8 Å². The predicted molar refractivity (Wildman–Crippen MR) is 90.4 cm³/mol. The molecule has 0 fully saturated rings. The molecule has 0 aliphatic carbocycles. The Labute approximate surface area is 140 Å². The van der Waals surface area contributed by atoms with Gasteiger partial charge >= 0.3 is 0 Å². The summed E-state index contributed by atoms with van der Waals surface area (Å²) in [5.74, 6) is -0.146. The van der Waals surface area contributed by atoms with Crippen LogP contribution in [0.25, 0.3) is 0 Å². The molecule has 2 rings (SSSR count). The van der Waals surface area contributed by atoms with Gasteiger partial charge in [0.05, 0.1) is 22.3 Å². The maximum absolute atomic E-state index is 12.2. The summed E-state index contributed by atoms with van der Waals surface area (Å²) in [4.78, 5) is 18.1. The van der Waals surface area contributed by atoms with E-state index in [-0.39, 0.29) is 18.5 Å². The van der Waals surface area contributed by atoms with E-state index in [1.807, 2.05) is 31.0 Å². The molecule has 1 unspecified atom stereocenters. The van der Waals surface area contributed by atoms with Gasteiger partial charge in [0.15, 0.2) is 0 Å². The highest BCUT2D eigenvalue weighted by Gasteiger charge is 2.16. The molecule has 22 heavy (non-hydrogen) atoms. The van der Waals surface area contributed by atoms with Crippen LogP contribution in [0.15, 0.2) is 42.7 Å². The number of carbonyl (C=O) groups excluding carboxylic acids is 1. The highest BCUT2D eigenvalue weighted by molar-refractivity contribution is 6.43. The van der Waals surface area contributed by atoms with E-state index in [9.17, 15) is 4.79 Å². The van der Waals surface area contributed by atoms with Crippen LogP contribution in [0.3, 0.4) is 0 Å². The molecule has 1 atom stereocenters. The molecule has 1 amide bonds. The van der Waals surface area contributed by atoms with E-state index in [2.05, 4.69) is 10.3 Å². The molecule has 0 aliphatic heterocycles. The first kappa shape index (κ1) is 16.7. The van der Waals surface area contributed by atoms with E-state index in [4.69, 9.17) is 23.2 Å². The predicted octanol–water partition coefficient (Wildman–Crippen LogP) is 4.02. The second-order valence-corrected chi connectivity index (χ2v) is 5.81. The molecule has 1 aromatic carbocycles. The molecule has 1 N–H and O–H groups in total. The third-order valence-electron chi connectivity index (χ3n) is 3.47. The molecule has 0 saturated heterocycles. The van der Waals surface area contributed by atoms with Crippen LogP contribution in [-0.4, -0.2) is 29.4 Å². The number of hydrogen-bond donors (Lipinski definition) is 1. The Balaban J connectivity index is 1.98. The number of halogens is 2. The maximum atomic E-state index is 12.2. The Morgan fingerprint density at radius 1 is 1.27 bits per heavy atom. The zero-order chi connectivity index (χ0) is 16.1. The van der Waals surface area contributed by atoms with Crippen molar-refractivity contribution in [3.8, 4) is 0 Å². The summed E-state index contributed by atoms with van der Waals surface area (Å²) in [5, 5.41) is 3.54. The van der Waals surface area contributed by atoms with Gasteiger partial charge in [-0.05, 0) is 43.8 Å². The van der Waals surface area contributed by atoms with Gasteiger partial charge in [-0.3, -0.25) is 14.7 Å². The summed E-state index contributed by atoms with van der Waals surface area (Å²) < 4.78 is 0. The lowest BCUT2D eigenvalue weighted by Gasteiger charge is -2.24. The molecule has 1 heterocycles. The number of rotatable bonds is 5. The van der Waals surface area contributed by atoms with E-state index in [1.165, 1.54) is 0 Å². The third-order valence-corrected chi connectivity index (χ3v) is 4.29. The normalized spacial score (nSPS) is 12.2. The number of pyridine rings is 1. The molecular weight excluding hydrogens is 321 g/mol. The van der Waals surface area contributed by atoms with Crippen molar-refractivity contribution in [1.29, 1.82) is 0 Å². The summed E-state index contributed by atoms with van der Waals surface area (Å²) in [6.45, 7) is 2.28. The zero-order valence-electron chi connectivity index (χ0n) is 12.4. The van der Waals surface area contributed by atoms with Crippen LogP contribution >= 0.6 is 23.2 Å². The Morgan fingerprint density at radius 2 is 1.95 bits per heavy atom. The van der Waals surface area contributed by atoms with Crippen LogP contribution in [0.4, 0.5) is 5.69 Å². The summed E-state index contributed by atoms with van der Waals surface area (Å²) >= 11 is 12.0. The highest BCUT2D eigenvalue weighted by Crippen LogP contribution is 2.29. The van der Waals surface area contributed by atoms with Crippen molar-refractivity contribution in [1.82, 2.24) is 9.88 Å². The molecule has 0 spiro atoms. The largest absolute Gasteiger partial charge is 0.324 e. The summed E-state index contributed by atoms with van der Waals surface area (Å²) in [6.07, 6.45) is 3.48. The molecule has 2 aromatic rings. The minimum absolute atomic E-state index is 0.101. The summed E-state index contributed by atoms with van der Waals surface area (Å²) in [6, 6.07) is 9.12. The van der Waals surface area contributed by atoms with Gasteiger partial charge in [-0.25, -0.2) is 0 Å². The van der Waals surface area contributed by atoms with Crippen molar-refractivity contribution in [2.24, 2.45) is 0 Å². The van der Waals surface area contributed by atoms with Crippen molar-refractivity contribution in [2.45, 2.75) is 13.0 Å². The van der Waals surface area contributed by atoms with E-state index >= 15 is 0 Å². The Kier molecular flexibility index (Phi) is 5.77. The average molecular weight is 338 g/mol. The number of nitrogens with one attached hydrogen (secondary N) is 1. The quantitative estimate of drug-likeness (QED) is 0.896. The Bertz CT molecular complexity index is 649.